The maximum absolute atomic E-state index is 9.30. The Balaban J connectivity index is 3.61. The first-order valence-electron chi connectivity index (χ1n) is 6.05. The van der Waals surface area contributed by atoms with E-state index >= 15 is 0 Å². The highest BCUT2D eigenvalue weighted by Crippen LogP contribution is 2.27. The first kappa shape index (κ1) is 13.9. The van der Waals surface area contributed by atoms with Gasteiger partial charge in [0, 0.05) is 18.6 Å². The third-order valence-electron chi connectivity index (χ3n) is 3.33. The summed E-state index contributed by atoms with van der Waals surface area (Å²) in [6.45, 7) is 5.21. The second-order valence-electron chi connectivity index (χ2n) is 4.38. The minimum atomic E-state index is 0.00617. The summed E-state index contributed by atoms with van der Waals surface area (Å²) in [4.78, 5) is 0. The number of nitrogens with two attached hydrogens (primary N) is 1. The number of unbranched alkanes of at least 4 members (excludes halogenated alkanes) is 4. The predicted octanol–water partition coefficient (Wildman–Crippen LogP) is 2.69. The highest BCUT2D eigenvalue weighted by molar-refractivity contribution is 4.77. The molecule has 0 aromatic rings. The molecule has 2 heteroatoms. The third kappa shape index (κ3) is 4.97. The standard InChI is InChI=1S/C12H27NO/c1-3-5-6-7-8-9-12(4-2,10-13)11-14/h14H,3-11,13H2,1-2H3. The van der Waals surface area contributed by atoms with Crippen molar-refractivity contribution in [2.75, 3.05) is 13.2 Å². The van der Waals surface area contributed by atoms with Gasteiger partial charge in [0.2, 0.25) is 0 Å². The molecule has 0 amide bonds. The first-order chi connectivity index (χ1) is 6.74. The lowest BCUT2D eigenvalue weighted by atomic mass is 9.81. The maximum atomic E-state index is 9.30. The lowest BCUT2D eigenvalue weighted by Crippen LogP contribution is -2.33. The molecule has 0 heterocycles. The molecule has 0 aliphatic carbocycles. The Morgan fingerprint density at radius 1 is 1.07 bits per heavy atom. The maximum Gasteiger partial charge on any atom is 0.0499 e. The van der Waals surface area contributed by atoms with Crippen LogP contribution in [0.2, 0.25) is 0 Å². The van der Waals surface area contributed by atoms with Gasteiger partial charge in [-0.05, 0) is 12.8 Å². The van der Waals surface area contributed by atoms with Crippen molar-refractivity contribution < 1.29 is 5.11 Å². The summed E-state index contributed by atoms with van der Waals surface area (Å²) in [5.74, 6) is 0. The minimum absolute atomic E-state index is 0.00617. The van der Waals surface area contributed by atoms with Crippen molar-refractivity contribution in [2.24, 2.45) is 11.1 Å². The molecule has 0 saturated carbocycles. The molecule has 0 fully saturated rings. The van der Waals surface area contributed by atoms with Gasteiger partial charge in [-0.25, -0.2) is 0 Å². The van der Waals surface area contributed by atoms with Gasteiger partial charge in [-0.1, -0.05) is 46.0 Å². The van der Waals surface area contributed by atoms with Gasteiger partial charge in [-0.15, -0.1) is 0 Å². The summed E-state index contributed by atoms with van der Waals surface area (Å²) < 4.78 is 0. The summed E-state index contributed by atoms with van der Waals surface area (Å²) in [6, 6.07) is 0. The average Bonchev–Trinajstić information content (AvgIpc) is 2.24. The van der Waals surface area contributed by atoms with E-state index < -0.39 is 0 Å². The average molecular weight is 201 g/mol. The normalized spacial score (nSPS) is 15.4. The molecule has 0 aliphatic heterocycles. The van der Waals surface area contributed by atoms with Crippen LogP contribution in [-0.4, -0.2) is 18.3 Å². The summed E-state index contributed by atoms with van der Waals surface area (Å²) in [7, 11) is 0. The van der Waals surface area contributed by atoms with Crippen molar-refractivity contribution in [1.29, 1.82) is 0 Å². The Morgan fingerprint density at radius 3 is 2.14 bits per heavy atom. The minimum Gasteiger partial charge on any atom is -0.396 e. The van der Waals surface area contributed by atoms with Crippen molar-refractivity contribution in [3.63, 3.8) is 0 Å². The molecule has 86 valence electrons. The Morgan fingerprint density at radius 2 is 1.71 bits per heavy atom. The van der Waals surface area contributed by atoms with Crippen LogP contribution in [0.4, 0.5) is 0 Å². The molecule has 1 unspecified atom stereocenters. The fourth-order valence-corrected chi connectivity index (χ4v) is 1.78. The summed E-state index contributed by atoms with van der Waals surface area (Å²) in [5.41, 5.74) is 5.72. The second kappa shape index (κ2) is 8.25. The second-order valence-corrected chi connectivity index (χ2v) is 4.38. The van der Waals surface area contributed by atoms with Gasteiger partial charge in [0.1, 0.15) is 0 Å². The van der Waals surface area contributed by atoms with E-state index in [-0.39, 0.29) is 12.0 Å². The van der Waals surface area contributed by atoms with Gasteiger partial charge in [0.05, 0.1) is 0 Å². The molecule has 3 N–H and O–H groups in total. The van der Waals surface area contributed by atoms with Crippen molar-refractivity contribution in [3.05, 3.63) is 0 Å². The molecule has 0 radical (unpaired) electrons. The van der Waals surface area contributed by atoms with Crippen LogP contribution in [0, 0.1) is 5.41 Å². The number of rotatable bonds is 9. The molecule has 2 nitrogen and oxygen atoms in total. The zero-order valence-electron chi connectivity index (χ0n) is 9.89. The molecule has 0 spiro atoms. The van der Waals surface area contributed by atoms with E-state index in [9.17, 15) is 5.11 Å². The molecule has 0 rings (SSSR count). The van der Waals surface area contributed by atoms with Gasteiger partial charge in [0.25, 0.3) is 0 Å². The highest BCUT2D eigenvalue weighted by atomic mass is 16.3. The molecule has 1 atom stereocenters. The number of hydrogen-bond donors (Lipinski definition) is 2. The van der Waals surface area contributed by atoms with Crippen LogP contribution in [0.5, 0.6) is 0 Å². The zero-order valence-corrected chi connectivity index (χ0v) is 9.89. The van der Waals surface area contributed by atoms with Crippen LogP contribution >= 0.6 is 0 Å². The molecule has 0 aromatic heterocycles. The van der Waals surface area contributed by atoms with Crippen LogP contribution < -0.4 is 5.73 Å². The van der Waals surface area contributed by atoms with Crippen LogP contribution in [-0.2, 0) is 0 Å². The highest BCUT2D eigenvalue weighted by Gasteiger charge is 2.24. The zero-order chi connectivity index (χ0) is 10.9. The Kier molecular flexibility index (Phi) is 8.20. The third-order valence-corrected chi connectivity index (χ3v) is 3.33. The quantitative estimate of drug-likeness (QED) is 0.563. The van der Waals surface area contributed by atoms with E-state index in [1.807, 2.05) is 0 Å². The van der Waals surface area contributed by atoms with E-state index in [1.54, 1.807) is 0 Å². The Bertz CT molecular complexity index is 113. The lowest BCUT2D eigenvalue weighted by Gasteiger charge is -2.28. The lowest BCUT2D eigenvalue weighted by molar-refractivity contribution is 0.114. The van der Waals surface area contributed by atoms with Crippen LogP contribution in [0.1, 0.15) is 58.8 Å². The molecule has 14 heavy (non-hydrogen) atoms. The monoisotopic (exact) mass is 201 g/mol. The van der Waals surface area contributed by atoms with Gasteiger partial charge < -0.3 is 10.8 Å². The van der Waals surface area contributed by atoms with E-state index in [1.165, 1.54) is 32.1 Å². The van der Waals surface area contributed by atoms with Crippen molar-refractivity contribution in [2.45, 2.75) is 58.8 Å². The summed E-state index contributed by atoms with van der Waals surface area (Å²) >= 11 is 0. The van der Waals surface area contributed by atoms with Crippen molar-refractivity contribution in [3.8, 4) is 0 Å². The number of hydrogen-bond acceptors (Lipinski definition) is 2. The molecule has 0 bridgehead atoms. The van der Waals surface area contributed by atoms with Gasteiger partial charge >= 0.3 is 0 Å². The molecule has 0 saturated heterocycles. The Hall–Kier alpha value is -0.0800. The SMILES string of the molecule is CCCCCCCC(CC)(CN)CO. The van der Waals surface area contributed by atoms with E-state index in [4.69, 9.17) is 5.73 Å². The van der Waals surface area contributed by atoms with Crippen molar-refractivity contribution >= 4 is 0 Å². The molecular formula is C12H27NO. The van der Waals surface area contributed by atoms with E-state index in [2.05, 4.69) is 13.8 Å². The van der Waals surface area contributed by atoms with Crippen LogP contribution in [0.3, 0.4) is 0 Å². The largest absolute Gasteiger partial charge is 0.396 e. The first-order valence-corrected chi connectivity index (χ1v) is 6.05. The molecule has 0 aromatic carbocycles. The Labute approximate surface area is 88.9 Å². The summed E-state index contributed by atoms with van der Waals surface area (Å²) in [6.07, 6.45) is 8.53. The summed E-state index contributed by atoms with van der Waals surface area (Å²) in [5, 5.41) is 9.30. The smallest absolute Gasteiger partial charge is 0.0499 e. The predicted molar refractivity (Wildman–Crippen MR) is 62.2 cm³/mol. The molecular weight excluding hydrogens is 174 g/mol. The van der Waals surface area contributed by atoms with Crippen molar-refractivity contribution in [1.82, 2.24) is 0 Å². The number of aliphatic hydroxyl groups excluding tert-OH is 1. The van der Waals surface area contributed by atoms with Crippen LogP contribution in [0.15, 0.2) is 0 Å². The topological polar surface area (TPSA) is 46.2 Å². The fraction of sp³-hybridized carbons (Fsp3) is 1.00. The van der Waals surface area contributed by atoms with Gasteiger partial charge in [-0.3, -0.25) is 0 Å². The van der Waals surface area contributed by atoms with Gasteiger partial charge in [0.15, 0.2) is 0 Å². The molecule has 0 aliphatic rings. The van der Waals surface area contributed by atoms with E-state index in [0.29, 0.717) is 6.54 Å². The van der Waals surface area contributed by atoms with Crippen LogP contribution in [0.25, 0.3) is 0 Å². The van der Waals surface area contributed by atoms with E-state index in [0.717, 1.165) is 12.8 Å². The fourth-order valence-electron chi connectivity index (χ4n) is 1.78. The number of aliphatic hydroxyl groups is 1. The van der Waals surface area contributed by atoms with Gasteiger partial charge in [-0.2, -0.15) is 0 Å².